The molecule has 1 unspecified atom stereocenters. The summed E-state index contributed by atoms with van der Waals surface area (Å²) in [5, 5.41) is 6.01. The van der Waals surface area contributed by atoms with Crippen LogP contribution in [0.3, 0.4) is 0 Å². The zero-order valence-electron chi connectivity index (χ0n) is 21.4. The van der Waals surface area contributed by atoms with Gasteiger partial charge in [0.1, 0.15) is 11.9 Å². The third-order valence-corrected chi connectivity index (χ3v) is 7.67. The molecule has 1 atom stereocenters. The van der Waals surface area contributed by atoms with Gasteiger partial charge in [0, 0.05) is 10.6 Å². The topological polar surface area (TPSA) is 82.5 Å². The predicted molar refractivity (Wildman–Crippen MR) is 157 cm³/mol. The summed E-state index contributed by atoms with van der Waals surface area (Å²) >= 11 is 6.23. The summed E-state index contributed by atoms with van der Waals surface area (Å²) in [4.78, 5) is 23.1. The van der Waals surface area contributed by atoms with Crippen molar-refractivity contribution in [2.24, 2.45) is 0 Å². The fourth-order valence-electron chi connectivity index (χ4n) is 5.48. The van der Waals surface area contributed by atoms with Crippen molar-refractivity contribution in [3.63, 3.8) is 0 Å². The summed E-state index contributed by atoms with van der Waals surface area (Å²) in [6.07, 6.45) is 1.58. The van der Waals surface area contributed by atoms with Gasteiger partial charge in [-0.2, -0.15) is 0 Å². The Balaban J connectivity index is 1.33. The molecule has 7 aromatic rings. The van der Waals surface area contributed by atoms with Gasteiger partial charge in [0.2, 0.25) is 5.88 Å². The monoisotopic (exact) mass is 554 g/mol. The lowest BCUT2D eigenvalue weighted by Crippen LogP contribution is -2.22. The van der Waals surface area contributed by atoms with E-state index >= 15 is 0 Å². The molecule has 8 heteroatoms. The first-order chi connectivity index (χ1) is 20.1. The molecule has 1 aliphatic heterocycles. The van der Waals surface area contributed by atoms with Crippen LogP contribution in [0.2, 0.25) is 5.02 Å². The van der Waals surface area contributed by atoms with Crippen LogP contribution in [-0.2, 0) is 0 Å². The predicted octanol–water partition coefficient (Wildman–Crippen LogP) is 7.50. The molecule has 0 saturated heterocycles. The van der Waals surface area contributed by atoms with Crippen molar-refractivity contribution in [2.75, 3.05) is 0 Å². The summed E-state index contributed by atoms with van der Waals surface area (Å²) in [6, 6.07) is 33.0. The number of hydrogen-bond acceptors (Lipinski definition) is 6. The van der Waals surface area contributed by atoms with E-state index in [4.69, 9.17) is 30.8 Å². The van der Waals surface area contributed by atoms with Crippen molar-refractivity contribution in [3.05, 3.63) is 142 Å². The molecular formula is C33H19ClN4O3. The number of halogens is 1. The highest BCUT2D eigenvalue weighted by atomic mass is 35.5. The molecule has 0 radical (unpaired) electrons. The van der Waals surface area contributed by atoms with Gasteiger partial charge in [-0.05, 0) is 41.0 Å². The van der Waals surface area contributed by atoms with Gasteiger partial charge in [0.15, 0.2) is 17.2 Å². The maximum absolute atomic E-state index is 13.5. The average Bonchev–Trinajstić information content (AvgIpc) is 3.46. The molecule has 1 aliphatic rings. The fraction of sp³-hybridized carbons (Fsp3) is 0.0303. The molecule has 4 aromatic carbocycles. The number of rotatable bonds is 3. The largest absolute Gasteiger partial charge is 0.437 e. The van der Waals surface area contributed by atoms with Gasteiger partial charge < -0.3 is 9.15 Å². The number of aromatic nitrogens is 4. The minimum atomic E-state index is -0.569. The van der Waals surface area contributed by atoms with Crippen LogP contribution in [0.4, 0.5) is 0 Å². The first kappa shape index (κ1) is 23.6. The van der Waals surface area contributed by atoms with Crippen molar-refractivity contribution in [2.45, 2.75) is 5.92 Å². The molecule has 0 spiro atoms. The zero-order chi connectivity index (χ0) is 27.5. The highest BCUT2D eigenvalue weighted by Gasteiger charge is 2.37. The molecule has 0 bridgehead atoms. The second-order valence-electron chi connectivity index (χ2n) is 9.83. The number of ether oxygens (including phenoxy) is 1. The van der Waals surface area contributed by atoms with Crippen molar-refractivity contribution in [3.8, 4) is 34.1 Å². The molecule has 3 aromatic heterocycles. The van der Waals surface area contributed by atoms with E-state index in [-0.39, 0.29) is 0 Å². The van der Waals surface area contributed by atoms with Gasteiger partial charge in [-0.3, -0.25) is 0 Å². The van der Waals surface area contributed by atoms with Crippen molar-refractivity contribution < 1.29 is 9.15 Å². The lowest BCUT2D eigenvalue weighted by molar-refractivity contribution is 0.422. The van der Waals surface area contributed by atoms with E-state index in [1.165, 1.54) is 0 Å². The van der Waals surface area contributed by atoms with Gasteiger partial charge in [0.25, 0.3) is 0 Å². The van der Waals surface area contributed by atoms with Crippen LogP contribution in [0.15, 0.2) is 119 Å². The molecule has 0 N–H and O–H groups in total. The summed E-state index contributed by atoms with van der Waals surface area (Å²) in [7, 11) is 0. The molecule has 0 aliphatic carbocycles. The smallest absolute Gasteiger partial charge is 0.344 e. The molecule has 7 nitrogen and oxygen atoms in total. The molecule has 4 heterocycles. The summed E-state index contributed by atoms with van der Waals surface area (Å²) in [6.45, 7) is 0. The summed E-state index contributed by atoms with van der Waals surface area (Å²) < 4.78 is 13.7. The maximum atomic E-state index is 13.5. The third-order valence-electron chi connectivity index (χ3n) is 7.42. The quantitative estimate of drug-likeness (QED) is 0.210. The number of hydrogen-bond donors (Lipinski definition) is 0. The standard InChI is InChI=1S/C33H19ClN4O3/c34-23-16-14-21(15-17-23)26-27-29(24-8-4-5-9-25(24)40-33(27)39)41-32-28(26)31-36-30(37-38(31)18-35-32)22-12-10-20(11-13-22)19-6-2-1-3-7-19/h1-18,26H. The van der Waals surface area contributed by atoms with Crippen LogP contribution in [-0.4, -0.2) is 19.6 Å². The van der Waals surface area contributed by atoms with Crippen molar-refractivity contribution in [1.29, 1.82) is 0 Å². The summed E-state index contributed by atoms with van der Waals surface area (Å²) in [5.41, 5.74) is 5.42. The molecular weight excluding hydrogens is 536 g/mol. The maximum Gasteiger partial charge on any atom is 0.344 e. The Labute approximate surface area is 238 Å². The molecule has 0 amide bonds. The first-order valence-corrected chi connectivity index (χ1v) is 13.4. The van der Waals surface area contributed by atoms with E-state index in [2.05, 4.69) is 29.2 Å². The van der Waals surface area contributed by atoms with Crippen LogP contribution in [0.5, 0.6) is 11.6 Å². The van der Waals surface area contributed by atoms with Gasteiger partial charge in [-0.15, -0.1) is 5.10 Å². The number of nitrogens with zero attached hydrogens (tertiary/aromatic N) is 4. The molecule has 8 rings (SSSR count). The lowest BCUT2D eigenvalue weighted by Gasteiger charge is -2.27. The fourth-order valence-corrected chi connectivity index (χ4v) is 5.61. The summed E-state index contributed by atoms with van der Waals surface area (Å²) in [5.74, 6) is 0.753. The molecule has 41 heavy (non-hydrogen) atoms. The number of benzene rings is 4. The van der Waals surface area contributed by atoms with E-state index in [0.717, 1.165) is 22.3 Å². The normalized spacial score (nSPS) is 14.0. The second kappa shape index (κ2) is 9.15. The highest BCUT2D eigenvalue weighted by Crippen LogP contribution is 2.48. The van der Waals surface area contributed by atoms with E-state index in [1.54, 1.807) is 29.0 Å². The van der Waals surface area contributed by atoms with Gasteiger partial charge in [0.05, 0.1) is 22.4 Å². The Morgan fingerprint density at radius 2 is 1.46 bits per heavy atom. The van der Waals surface area contributed by atoms with E-state index < -0.39 is 11.5 Å². The van der Waals surface area contributed by atoms with Crippen molar-refractivity contribution in [1.82, 2.24) is 19.6 Å². The van der Waals surface area contributed by atoms with Gasteiger partial charge >= 0.3 is 5.63 Å². The van der Waals surface area contributed by atoms with Crippen LogP contribution in [0, 0.1) is 0 Å². The van der Waals surface area contributed by atoms with E-state index in [1.807, 2.05) is 60.7 Å². The zero-order valence-corrected chi connectivity index (χ0v) is 22.1. The van der Waals surface area contributed by atoms with Crippen LogP contribution >= 0.6 is 11.6 Å². The van der Waals surface area contributed by atoms with Crippen molar-refractivity contribution >= 4 is 28.2 Å². The SMILES string of the molecule is O=c1oc2ccccc2c2c1C(c1ccc(Cl)cc1)c1c(ncn3nc(-c4ccc(-c5ccccc5)cc4)nc13)O2. The molecule has 196 valence electrons. The third kappa shape index (κ3) is 3.82. The Morgan fingerprint density at radius 1 is 0.756 bits per heavy atom. The first-order valence-electron chi connectivity index (χ1n) is 13.0. The number of fused-ring (bicyclic) bond motifs is 6. The van der Waals surface area contributed by atoms with Gasteiger partial charge in [-0.25, -0.2) is 19.3 Å². The van der Waals surface area contributed by atoms with Crippen LogP contribution in [0.25, 0.3) is 39.1 Å². The minimum absolute atomic E-state index is 0.360. The highest BCUT2D eigenvalue weighted by molar-refractivity contribution is 6.30. The van der Waals surface area contributed by atoms with E-state index in [9.17, 15) is 4.79 Å². The Bertz CT molecular complexity index is 2160. The Morgan fingerprint density at radius 3 is 2.27 bits per heavy atom. The number of para-hydroxylation sites is 1. The Kier molecular flexibility index (Phi) is 5.27. The van der Waals surface area contributed by atoms with Gasteiger partial charge in [-0.1, -0.05) is 90.5 Å². The lowest BCUT2D eigenvalue weighted by atomic mass is 9.84. The second-order valence-corrected chi connectivity index (χ2v) is 10.3. The van der Waals surface area contributed by atoms with E-state index in [0.29, 0.717) is 50.2 Å². The Hall–Kier alpha value is -5.27. The average molecular weight is 555 g/mol. The van der Waals surface area contributed by atoms with Crippen LogP contribution < -0.4 is 10.4 Å². The minimum Gasteiger partial charge on any atom is -0.437 e. The van der Waals surface area contributed by atoms with Crippen LogP contribution in [0.1, 0.15) is 22.6 Å². The molecule has 0 fully saturated rings. The molecule has 0 saturated carbocycles.